The predicted molar refractivity (Wildman–Crippen MR) is 82.6 cm³/mol. The maximum atomic E-state index is 4.24. The number of hydrogen-bond acceptors (Lipinski definition) is 4. The highest BCUT2D eigenvalue weighted by Crippen LogP contribution is 2.28. The average molecular weight is 285 g/mol. The number of aromatic nitrogens is 2. The van der Waals surface area contributed by atoms with Crippen molar-refractivity contribution in [1.82, 2.24) is 15.1 Å². The summed E-state index contributed by atoms with van der Waals surface area (Å²) in [7, 11) is 2.03. The molecule has 2 atom stereocenters. The van der Waals surface area contributed by atoms with Crippen LogP contribution in [0.15, 0.2) is 12.3 Å². The molecule has 0 bridgehead atoms. The van der Waals surface area contributed by atoms with Crippen molar-refractivity contribution in [3.05, 3.63) is 18.0 Å². The molecule has 2 heterocycles. The van der Waals surface area contributed by atoms with Crippen LogP contribution in [0.2, 0.25) is 0 Å². The number of rotatable bonds is 6. The van der Waals surface area contributed by atoms with Gasteiger partial charge in [-0.05, 0) is 25.5 Å². The van der Waals surface area contributed by atoms with Gasteiger partial charge in [0.15, 0.2) is 0 Å². The Bertz CT molecular complexity index is 348. The van der Waals surface area contributed by atoms with Crippen LogP contribution in [0.3, 0.4) is 0 Å². The zero-order valence-corrected chi connectivity index (χ0v) is 12.9. The van der Waals surface area contributed by atoms with Crippen LogP contribution in [0.4, 0.5) is 0 Å². The minimum absolute atomic E-state index is 0.641. The van der Waals surface area contributed by atoms with Crippen molar-refractivity contribution >= 4 is 23.5 Å². The second-order valence-electron chi connectivity index (χ2n) is 4.63. The molecule has 5 heteroatoms. The van der Waals surface area contributed by atoms with E-state index < -0.39 is 0 Å². The Hall–Kier alpha value is -0.130. The summed E-state index contributed by atoms with van der Waals surface area (Å²) in [5, 5.41) is 8.69. The molecule has 0 aromatic carbocycles. The highest BCUT2D eigenvalue weighted by molar-refractivity contribution is 8.06. The molecule has 1 aliphatic heterocycles. The lowest BCUT2D eigenvalue weighted by atomic mass is 10.1. The molecule has 3 nitrogen and oxygen atoms in total. The molecule has 0 saturated carbocycles. The van der Waals surface area contributed by atoms with E-state index in [2.05, 4.69) is 46.9 Å². The highest BCUT2D eigenvalue weighted by atomic mass is 32.2. The van der Waals surface area contributed by atoms with Gasteiger partial charge >= 0.3 is 0 Å². The molecule has 2 unspecified atom stereocenters. The molecular formula is C13H23N3S2. The second kappa shape index (κ2) is 7.46. The molecule has 1 saturated heterocycles. The summed E-state index contributed by atoms with van der Waals surface area (Å²) in [6, 6.07) is 2.77. The fraction of sp³-hybridized carbons (Fsp3) is 0.769. The largest absolute Gasteiger partial charge is 0.313 e. The molecule has 2 rings (SSSR count). The first-order valence-corrected chi connectivity index (χ1v) is 8.91. The molecule has 102 valence electrons. The lowest BCUT2D eigenvalue weighted by Gasteiger charge is -2.30. The molecular weight excluding hydrogens is 262 g/mol. The van der Waals surface area contributed by atoms with E-state index in [0.29, 0.717) is 6.04 Å². The van der Waals surface area contributed by atoms with Gasteiger partial charge in [0.2, 0.25) is 0 Å². The standard InChI is InChI=1S/C13H23N3S2/c1-3-14-12(13-10-17-8-9-18-13)5-4-11-6-7-15-16(11)2/h6-7,12-14H,3-5,8-10H2,1-2H3. The summed E-state index contributed by atoms with van der Waals surface area (Å²) < 4.78 is 1.99. The van der Waals surface area contributed by atoms with Gasteiger partial charge in [-0.2, -0.15) is 28.6 Å². The van der Waals surface area contributed by atoms with E-state index in [-0.39, 0.29) is 0 Å². The Labute approximate surface area is 118 Å². The van der Waals surface area contributed by atoms with E-state index in [9.17, 15) is 0 Å². The Morgan fingerprint density at radius 2 is 2.44 bits per heavy atom. The summed E-state index contributed by atoms with van der Waals surface area (Å²) in [6.45, 7) is 3.27. The van der Waals surface area contributed by atoms with Crippen molar-refractivity contribution in [2.75, 3.05) is 23.8 Å². The number of nitrogens with zero attached hydrogens (tertiary/aromatic N) is 2. The van der Waals surface area contributed by atoms with Crippen LogP contribution < -0.4 is 5.32 Å². The summed E-state index contributed by atoms with van der Waals surface area (Å²) in [6.07, 6.45) is 4.23. The van der Waals surface area contributed by atoms with Crippen LogP contribution >= 0.6 is 23.5 Å². The monoisotopic (exact) mass is 285 g/mol. The summed E-state index contributed by atoms with van der Waals surface area (Å²) in [5.41, 5.74) is 1.34. The Balaban J connectivity index is 1.87. The average Bonchev–Trinajstić information content (AvgIpc) is 2.81. The molecule has 0 amide bonds. The summed E-state index contributed by atoms with van der Waals surface area (Å²) in [4.78, 5) is 0. The Kier molecular flexibility index (Phi) is 5.92. The molecule has 1 fully saturated rings. The van der Waals surface area contributed by atoms with Gasteiger partial charge in [-0.1, -0.05) is 6.92 Å². The summed E-state index contributed by atoms with van der Waals surface area (Å²) in [5.74, 6) is 3.93. The van der Waals surface area contributed by atoms with Crippen molar-refractivity contribution in [2.45, 2.75) is 31.1 Å². The Morgan fingerprint density at radius 3 is 3.06 bits per heavy atom. The third kappa shape index (κ3) is 3.93. The molecule has 1 aromatic rings. The summed E-state index contributed by atoms with van der Waals surface area (Å²) >= 11 is 4.25. The molecule has 1 aromatic heterocycles. The van der Waals surface area contributed by atoms with E-state index in [1.54, 1.807) is 0 Å². The van der Waals surface area contributed by atoms with E-state index >= 15 is 0 Å². The SMILES string of the molecule is CCNC(CCc1ccnn1C)C1CSCCS1. The smallest absolute Gasteiger partial charge is 0.0492 e. The van der Waals surface area contributed by atoms with Gasteiger partial charge in [0.05, 0.1) is 0 Å². The van der Waals surface area contributed by atoms with Crippen molar-refractivity contribution in [2.24, 2.45) is 7.05 Å². The molecule has 0 spiro atoms. The maximum absolute atomic E-state index is 4.24. The second-order valence-corrected chi connectivity index (χ2v) is 7.13. The normalized spacial score (nSPS) is 22.0. The topological polar surface area (TPSA) is 29.9 Å². The van der Waals surface area contributed by atoms with Crippen LogP contribution in [0.1, 0.15) is 19.0 Å². The minimum atomic E-state index is 0.641. The highest BCUT2D eigenvalue weighted by Gasteiger charge is 2.23. The number of thioether (sulfide) groups is 2. The van der Waals surface area contributed by atoms with Crippen LogP contribution in [0.5, 0.6) is 0 Å². The molecule has 1 aliphatic rings. The zero-order chi connectivity index (χ0) is 12.8. The van der Waals surface area contributed by atoms with Crippen molar-refractivity contribution in [1.29, 1.82) is 0 Å². The zero-order valence-electron chi connectivity index (χ0n) is 11.3. The molecule has 0 aliphatic carbocycles. The molecule has 1 N–H and O–H groups in total. The van der Waals surface area contributed by atoms with E-state index in [1.807, 2.05) is 17.9 Å². The first-order valence-electron chi connectivity index (χ1n) is 6.71. The van der Waals surface area contributed by atoms with Gasteiger partial charge in [0.25, 0.3) is 0 Å². The lowest BCUT2D eigenvalue weighted by molar-refractivity contribution is 0.485. The first-order chi connectivity index (χ1) is 8.81. The van der Waals surface area contributed by atoms with Gasteiger partial charge in [-0.3, -0.25) is 4.68 Å². The maximum Gasteiger partial charge on any atom is 0.0492 e. The quantitative estimate of drug-likeness (QED) is 0.868. The third-order valence-corrected chi connectivity index (χ3v) is 6.31. The van der Waals surface area contributed by atoms with Crippen molar-refractivity contribution < 1.29 is 0 Å². The molecule has 0 radical (unpaired) electrons. The number of nitrogens with one attached hydrogen (secondary N) is 1. The van der Waals surface area contributed by atoms with E-state index in [4.69, 9.17) is 0 Å². The predicted octanol–water partition coefficient (Wildman–Crippen LogP) is 2.18. The molecule has 18 heavy (non-hydrogen) atoms. The fourth-order valence-electron chi connectivity index (χ4n) is 2.37. The van der Waals surface area contributed by atoms with Gasteiger partial charge in [-0.15, -0.1) is 0 Å². The van der Waals surface area contributed by atoms with Gasteiger partial charge in [0.1, 0.15) is 0 Å². The van der Waals surface area contributed by atoms with Crippen molar-refractivity contribution in [3.8, 4) is 0 Å². The van der Waals surface area contributed by atoms with Crippen LogP contribution in [0.25, 0.3) is 0 Å². The van der Waals surface area contributed by atoms with Gasteiger partial charge in [0, 0.05) is 47.5 Å². The Morgan fingerprint density at radius 1 is 1.56 bits per heavy atom. The minimum Gasteiger partial charge on any atom is -0.313 e. The van der Waals surface area contributed by atoms with Gasteiger partial charge in [-0.25, -0.2) is 0 Å². The van der Waals surface area contributed by atoms with Crippen LogP contribution in [0, 0.1) is 0 Å². The number of aryl methyl sites for hydroxylation is 2. The van der Waals surface area contributed by atoms with Crippen LogP contribution in [-0.4, -0.2) is 44.9 Å². The fourth-order valence-corrected chi connectivity index (χ4v) is 5.30. The first kappa shape index (κ1) is 14.3. The lowest BCUT2D eigenvalue weighted by Crippen LogP contribution is -2.41. The van der Waals surface area contributed by atoms with Crippen molar-refractivity contribution in [3.63, 3.8) is 0 Å². The number of hydrogen-bond donors (Lipinski definition) is 1. The van der Waals surface area contributed by atoms with E-state index in [1.165, 1.54) is 29.4 Å². The van der Waals surface area contributed by atoms with Gasteiger partial charge < -0.3 is 5.32 Å². The third-order valence-electron chi connectivity index (χ3n) is 3.39. The van der Waals surface area contributed by atoms with Crippen LogP contribution in [-0.2, 0) is 13.5 Å². The van der Waals surface area contributed by atoms with E-state index in [0.717, 1.165) is 18.2 Å².